The number of esters is 1. The highest BCUT2D eigenvalue weighted by Crippen LogP contribution is 2.37. The first kappa shape index (κ1) is 15.5. The van der Waals surface area contributed by atoms with Gasteiger partial charge in [0.25, 0.3) is 0 Å². The molecule has 1 aliphatic heterocycles. The summed E-state index contributed by atoms with van der Waals surface area (Å²) in [5.41, 5.74) is 3.13. The lowest BCUT2D eigenvalue weighted by Gasteiger charge is -2.30. The molecule has 1 aromatic carbocycles. The molecule has 2 heterocycles. The molecular formula is C17H18ClNO2S. The van der Waals surface area contributed by atoms with Gasteiger partial charge in [0.1, 0.15) is 0 Å². The third kappa shape index (κ3) is 3.35. The molecular weight excluding hydrogens is 318 g/mol. The van der Waals surface area contributed by atoms with Crippen molar-refractivity contribution in [3.8, 4) is 0 Å². The van der Waals surface area contributed by atoms with Crippen molar-refractivity contribution in [1.29, 1.82) is 0 Å². The van der Waals surface area contributed by atoms with Crippen LogP contribution in [0.2, 0.25) is 4.34 Å². The van der Waals surface area contributed by atoms with Crippen LogP contribution in [0.4, 0.5) is 0 Å². The number of methoxy groups -OCH3 is 1. The summed E-state index contributed by atoms with van der Waals surface area (Å²) in [6, 6.07) is 10.1. The van der Waals surface area contributed by atoms with E-state index in [9.17, 15) is 4.79 Å². The van der Waals surface area contributed by atoms with E-state index in [0.717, 1.165) is 23.7 Å². The highest BCUT2D eigenvalue weighted by Gasteiger charge is 2.24. The predicted molar refractivity (Wildman–Crippen MR) is 89.8 cm³/mol. The zero-order valence-electron chi connectivity index (χ0n) is 12.3. The largest absolute Gasteiger partial charge is 0.465 e. The Labute approximate surface area is 139 Å². The smallest absolute Gasteiger partial charge is 0.337 e. The van der Waals surface area contributed by atoms with E-state index in [0.29, 0.717) is 17.5 Å². The lowest BCUT2D eigenvalue weighted by molar-refractivity contribution is 0.0600. The summed E-state index contributed by atoms with van der Waals surface area (Å²) >= 11 is 7.65. The predicted octanol–water partition coefficient (Wildman–Crippen LogP) is 4.40. The minimum atomic E-state index is -0.297. The number of nitrogens with one attached hydrogen (secondary N) is 1. The molecule has 2 aromatic rings. The van der Waals surface area contributed by atoms with Crippen molar-refractivity contribution in [2.45, 2.75) is 24.8 Å². The number of carbonyl (C=O) groups excluding carboxylic acids is 1. The van der Waals surface area contributed by atoms with Gasteiger partial charge in [-0.1, -0.05) is 23.7 Å². The molecule has 2 atom stereocenters. The molecule has 0 aliphatic carbocycles. The number of rotatable bonds is 3. The van der Waals surface area contributed by atoms with Crippen molar-refractivity contribution in [2.24, 2.45) is 0 Å². The van der Waals surface area contributed by atoms with Crippen molar-refractivity contribution in [2.75, 3.05) is 13.7 Å². The van der Waals surface area contributed by atoms with E-state index < -0.39 is 0 Å². The molecule has 5 heteroatoms. The van der Waals surface area contributed by atoms with Gasteiger partial charge in [-0.15, -0.1) is 11.3 Å². The van der Waals surface area contributed by atoms with Crippen LogP contribution in [-0.4, -0.2) is 19.6 Å². The molecule has 22 heavy (non-hydrogen) atoms. The number of ether oxygens (including phenoxy) is 1. The van der Waals surface area contributed by atoms with Gasteiger partial charge in [-0.05, 0) is 60.0 Å². The Bertz CT molecular complexity index is 653. The first-order valence-electron chi connectivity index (χ1n) is 7.33. The number of thiophene rings is 1. The zero-order valence-corrected chi connectivity index (χ0v) is 13.9. The quantitative estimate of drug-likeness (QED) is 0.845. The Morgan fingerprint density at radius 2 is 2.09 bits per heavy atom. The fourth-order valence-corrected chi connectivity index (χ4v) is 3.95. The van der Waals surface area contributed by atoms with Gasteiger partial charge < -0.3 is 10.1 Å². The van der Waals surface area contributed by atoms with Crippen LogP contribution in [0.25, 0.3) is 0 Å². The molecule has 0 spiro atoms. The monoisotopic (exact) mass is 335 g/mol. The summed E-state index contributed by atoms with van der Waals surface area (Å²) in [6.45, 7) is 0.988. The lowest BCUT2D eigenvalue weighted by atomic mass is 9.85. The second kappa shape index (κ2) is 6.82. The van der Waals surface area contributed by atoms with Crippen molar-refractivity contribution < 1.29 is 9.53 Å². The molecule has 1 aromatic heterocycles. The van der Waals surface area contributed by atoms with Gasteiger partial charge in [0.15, 0.2) is 0 Å². The first-order chi connectivity index (χ1) is 10.7. The molecule has 1 fully saturated rings. The third-order valence-electron chi connectivity index (χ3n) is 4.20. The molecule has 0 saturated carbocycles. The Morgan fingerprint density at radius 1 is 1.32 bits per heavy atom. The van der Waals surface area contributed by atoms with Gasteiger partial charge in [-0.25, -0.2) is 4.79 Å². The van der Waals surface area contributed by atoms with E-state index >= 15 is 0 Å². The number of hydrogen-bond acceptors (Lipinski definition) is 4. The van der Waals surface area contributed by atoms with Crippen LogP contribution in [0.3, 0.4) is 0 Å². The van der Waals surface area contributed by atoms with E-state index in [2.05, 4.69) is 16.8 Å². The molecule has 1 unspecified atom stereocenters. The fraction of sp³-hybridized carbons (Fsp3) is 0.353. The lowest BCUT2D eigenvalue weighted by Crippen LogP contribution is -2.30. The molecule has 0 amide bonds. The maximum Gasteiger partial charge on any atom is 0.337 e. The second-order valence-corrected chi connectivity index (χ2v) is 7.07. The van der Waals surface area contributed by atoms with E-state index in [1.807, 2.05) is 24.3 Å². The third-order valence-corrected chi connectivity index (χ3v) is 5.31. The maximum absolute atomic E-state index is 11.5. The van der Waals surface area contributed by atoms with E-state index in [1.54, 1.807) is 11.3 Å². The van der Waals surface area contributed by atoms with Crippen LogP contribution >= 0.6 is 22.9 Å². The highest BCUT2D eigenvalue weighted by atomic mass is 35.5. The summed E-state index contributed by atoms with van der Waals surface area (Å²) in [5, 5.41) is 5.72. The van der Waals surface area contributed by atoms with Gasteiger partial charge in [0.2, 0.25) is 0 Å². The molecule has 1 N–H and O–H groups in total. The number of benzene rings is 1. The summed E-state index contributed by atoms with van der Waals surface area (Å²) < 4.78 is 5.59. The zero-order chi connectivity index (χ0) is 15.5. The fourth-order valence-electron chi connectivity index (χ4n) is 2.98. The number of halogens is 1. The van der Waals surface area contributed by atoms with Gasteiger partial charge in [0, 0.05) is 6.04 Å². The van der Waals surface area contributed by atoms with Crippen molar-refractivity contribution in [1.82, 2.24) is 5.32 Å². The van der Waals surface area contributed by atoms with Gasteiger partial charge in [-0.3, -0.25) is 0 Å². The summed E-state index contributed by atoms with van der Waals surface area (Å²) in [7, 11) is 1.40. The molecule has 1 saturated heterocycles. The summed E-state index contributed by atoms with van der Waals surface area (Å²) in [5.74, 6) is 0.240. The van der Waals surface area contributed by atoms with E-state index in [4.69, 9.17) is 16.3 Å². The van der Waals surface area contributed by atoms with Crippen LogP contribution in [0, 0.1) is 0 Å². The molecule has 0 bridgehead atoms. The van der Waals surface area contributed by atoms with E-state index in [1.165, 1.54) is 18.2 Å². The molecule has 3 nitrogen and oxygen atoms in total. The molecule has 116 valence electrons. The topological polar surface area (TPSA) is 38.3 Å². The highest BCUT2D eigenvalue weighted by molar-refractivity contribution is 7.14. The van der Waals surface area contributed by atoms with Gasteiger partial charge in [0.05, 0.1) is 17.0 Å². The second-order valence-electron chi connectivity index (χ2n) is 5.53. The number of carbonyl (C=O) groups is 1. The molecule has 0 radical (unpaired) electrons. The average Bonchev–Trinajstić information content (AvgIpc) is 3.01. The summed E-state index contributed by atoms with van der Waals surface area (Å²) in [4.78, 5) is 11.5. The van der Waals surface area contributed by atoms with Crippen LogP contribution in [-0.2, 0) is 4.74 Å². The van der Waals surface area contributed by atoms with Crippen LogP contribution < -0.4 is 5.32 Å². The van der Waals surface area contributed by atoms with Gasteiger partial charge in [-0.2, -0.15) is 0 Å². The van der Waals surface area contributed by atoms with E-state index in [-0.39, 0.29) is 5.97 Å². The van der Waals surface area contributed by atoms with Gasteiger partial charge >= 0.3 is 5.97 Å². The Balaban J connectivity index is 1.73. The van der Waals surface area contributed by atoms with Crippen molar-refractivity contribution in [3.05, 3.63) is 56.7 Å². The first-order valence-corrected chi connectivity index (χ1v) is 8.58. The number of piperidine rings is 1. The average molecular weight is 336 g/mol. The van der Waals surface area contributed by atoms with Crippen molar-refractivity contribution in [3.63, 3.8) is 0 Å². The standard InChI is InChI=1S/C17H18ClNO2S/c1-21-17(20)12-4-2-11(3-5-12)15-8-13(6-7-19-15)14-9-16(18)22-10-14/h2-5,9-10,13,15,19H,6-8H2,1H3/t13?,15-/m0/s1. The van der Waals surface area contributed by atoms with Crippen LogP contribution in [0.15, 0.2) is 35.7 Å². The Kier molecular flexibility index (Phi) is 4.81. The number of hydrogen-bond donors (Lipinski definition) is 1. The van der Waals surface area contributed by atoms with Crippen LogP contribution in [0.5, 0.6) is 0 Å². The minimum Gasteiger partial charge on any atom is -0.465 e. The maximum atomic E-state index is 11.5. The van der Waals surface area contributed by atoms with Crippen molar-refractivity contribution >= 4 is 28.9 Å². The Hall–Kier alpha value is -1.36. The molecule has 3 rings (SSSR count). The Morgan fingerprint density at radius 3 is 2.73 bits per heavy atom. The normalized spacial score (nSPS) is 21.5. The SMILES string of the molecule is COC(=O)c1ccc([C@@H]2CC(c3csc(Cl)c3)CCN2)cc1. The summed E-state index contributed by atoms with van der Waals surface area (Å²) in [6.07, 6.45) is 2.18. The minimum absolute atomic E-state index is 0.297. The van der Waals surface area contributed by atoms with Crippen LogP contribution in [0.1, 0.15) is 46.3 Å². The molecule has 1 aliphatic rings.